The number of nitrogens with zero attached hydrogens (tertiary/aromatic N) is 4. The molecule has 3 N–H and O–H groups in total. The maximum Gasteiger partial charge on any atom is 0.235 e. The fourth-order valence-electron chi connectivity index (χ4n) is 1.76. The molecule has 2 heterocycles. The van der Waals surface area contributed by atoms with Crippen molar-refractivity contribution in [1.82, 2.24) is 20.2 Å². The predicted molar refractivity (Wildman–Crippen MR) is 71.6 cm³/mol. The number of nitrogens with one attached hydrogen (secondary N) is 1. The molecule has 2 aromatic rings. The zero-order valence-corrected chi connectivity index (χ0v) is 11.4. The fourth-order valence-corrected chi connectivity index (χ4v) is 1.76. The van der Waals surface area contributed by atoms with Gasteiger partial charge in [0.25, 0.3) is 0 Å². The maximum atomic E-state index is 5.68. The van der Waals surface area contributed by atoms with Crippen LogP contribution in [0.15, 0.2) is 4.42 Å². The minimum atomic E-state index is 0.268. The molecule has 0 radical (unpaired) electrons. The number of anilines is 2. The van der Waals surface area contributed by atoms with E-state index in [1.165, 1.54) is 0 Å². The van der Waals surface area contributed by atoms with E-state index in [1.54, 1.807) is 0 Å². The SMILES string of the molecule is CCc1nnc(CNc2nc(N)nc(CC)c2C)o1. The first-order valence-corrected chi connectivity index (χ1v) is 6.32. The number of nitrogen functional groups attached to an aromatic ring is 1. The molecule has 102 valence electrons. The van der Waals surface area contributed by atoms with Gasteiger partial charge in [0.15, 0.2) is 0 Å². The van der Waals surface area contributed by atoms with Crippen LogP contribution in [-0.2, 0) is 19.4 Å². The highest BCUT2D eigenvalue weighted by molar-refractivity contribution is 5.48. The van der Waals surface area contributed by atoms with Crippen LogP contribution in [0.3, 0.4) is 0 Å². The number of nitrogens with two attached hydrogens (primary N) is 1. The lowest BCUT2D eigenvalue weighted by Crippen LogP contribution is -2.09. The Bertz CT molecular complexity index is 565. The molecule has 0 aliphatic carbocycles. The van der Waals surface area contributed by atoms with Gasteiger partial charge >= 0.3 is 0 Å². The van der Waals surface area contributed by atoms with Crippen molar-refractivity contribution in [2.24, 2.45) is 0 Å². The molecule has 0 saturated carbocycles. The van der Waals surface area contributed by atoms with Gasteiger partial charge in [-0.15, -0.1) is 10.2 Å². The van der Waals surface area contributed by atoms with Gasteiger partial charge in [0.2, 0.25) is 17.7 Å². The largest absolute Gasteiger partial charge is 0.423 e. The second kappa shape index (κ2) is 5.64. The van der Waals surface area contributed by atoms with E-state index >= 15 is 0 Å². The van der Waals surface area contributed by atoms with E-state index in [9.17, 15) is 0 Å². The minimum absolute atomic E-state index is 0.268. The number of hydrogen-bond acceptors (Lipinski definition) is 7. The van der Waals surface area contributed by atoms with Gasteiger partial charge in [0.1, 0.15) is 5.82 Å². The van der Waals surface area contributed by atoms with E-state index in [0.29, 0.717) is 24.1 Å². The Balaban J connectivity index is 2.12. The molecule has 0 unspecified atom stereocenters. The van der Waals surface area contributed by atoms with Gasteiger partial charge in [-0.3, -0.25) is 0 Å². The van der Waals surface area contributed by atoms with Crippen molar-refractivity contribution in [1.29, 1.82) is 0 Å². The van der Waals surface area contributed by atoms with Crippen molar-refractivity contribution in [3.63, 3.8) is 0 Å². The molecule has 0 aliphatic heterocycles. The molecule has 0 aliphatic rings. The Labute approximate surface area is 111 Å². The summed E-state index contributed by atoms with van der Waals surface area (Å²) in [6.07, 6.45) is 1.54. The van der Waals surface area contributed by atoms with Crippen LogP contribution in [-0.4, -0.2) is 20.2 Å². The fraction of sp³-hybridized carbons (Fsp3) is 0.500. The summed E-state index contributed by atoms with van der Waals surface area (Å²) in [5, 5.41) is 11.0. The lowest BCUT2D eigenvalue weighted by Gasteiger charge is -2.10. The standard InChI is InChI=1S/C12H18N6O/c1-4-8-7(3)11(16-12(13)15-8)14-6-10-18-17-9(5-2)19-10/h4-6H2,1-3H3,(H3,13,14,15,16). The molecule has 0 saturated heterocycles. The Morgan fingerprint density at radius 2 is 1.84 bits per heavy atom. The van der Waals surface area contributed by atoms with E-state index in [0.717, 1.165) is 24.1 Å². The lowest BCUT2D eigenvalue weighted by molar-refractivity contribution is 0.460. The van der Waals surface area contributed by atoms with E-state index < -0.39 is 0 Å². The summed E-state index contributed by atoms with van der Waals surface area (Å²) >= 11 is 0. The van der Waals surface area contributed by atoms with E-state index in [-0.39, 0.29) is 5.95 Å². The summed E-state index contributed by atoms with van der Waals surface area (Å²) in [5.74, 6) is 2.14. The van der Waals surface area contributed by atoms with Crippen molar-refractivity contribution >= 4 is 11.8 Å². The van der Waals surface area contributed by atoms with E-state index in [1.807, 2.05) is 20.8 Å². The van der Waals surface area contributed by atoms with Crippen LogP contribution < -0.4 is 11.1 Å². The zero-order valence-electron chi connectivity index (χ0n) is 11.4. The molecule has 0 amide bonds. The van der Waals surface area contributed by atoms with Gasteiger partial charge in [-0.25, -0.2) is 4.98 Å². The van der Waals surface area contributed by atoms with Crippen LogP contribution in [0.4, 0.5) is 11.8 Å². The highest BCUT2D eigenvalue weighted by atomic mass is 16.4. The second-order valence-electron chi connectivity index (χ2n) is 4.15. The van der Waals surface area contributed by atoms with Crippen molar-refractivity contribution in [3.05, 3.63) is 23.0 Å². The molecular formula is C12H18N6O. The molecular weight excluding hydrogens is 244 g/mol. The van der Waals surface area contributed by atoms with E-state index in [2.05, 4.69) is 25.5 Å². The first kappa shape index (κ1) is 13.3. The summed E-state index contributed by atoms with van der Waals surface area (Å²) in [4.78, 5) is 8.39. The van der Waals surface area contributed by atoms with Crippen LogP contribution in [0.5, 0.6) is 0 Å². The number of aromatic nitrogens is 4. The van der Waals surface area contributed by atoms with Crippen LogP contribution in [0.1, 0.15) is 36.9 Å². The molecule has 7 heteroatoms. The quantitative estimate of drug-likeness (QED) is 0.841. The third-order valence-corrected chi connectivity index (χ3v) is 2.82. The summed E-state index contributed by atoms with van der Waals surface area (Å²) < 4.78 is 5.42. The Hall–Kier alpha value is -2.18. The normalized spacial score (nSPS) is 10.7. The molecule has 0 bridgehead atoms. The van der Waals surface area contributed by atoms with Crippen LogP contribution >= 0.6 is 0 Å². The van der Waals surface area contributed by atoms with Gasteiger partial charge in [-0.2, -0.15) is 4.98 Å². The molecule has 0 atom stereocenters. The van der Waals surface area contributed by atoms with Gasteiger partial charge in [-0.1, -0.05) is 13.8 Å². The van der Waals surface area contributed by atoms with Crippen molar-refractivity contribution in [2.75, 3.05) is 11.1 Å². The minimum Gasteiger partial charge on any atom is -0.423 e. The van der Waals surface area contributed by atoms with Crippen molar-refractivity contribution < 1.29 is 4.42 Å². The van der Waals surface area contributed by atoms with Gasteiger partial charge < -0.3 is 15.5 Å². The van der Waals surface area contributed by atoms with Gasteiger partial charge in [-0.05, 0) is 13.3 Å². The van der Waals surface area contributed by atoms with Crippen LogP contribution in [0.2, 0.25) is 0 Å². The summed E-state index contributed by atoms with van der Waals surface area (Å²) in [5.41, 5.74) is 7.62. The molecule has 0 fully saturated rings. The molecule has 7 nitrogen and oxygen atoms in total. The Kier molecular flexibility index (Phi) is 3.94. The third kappa shape index (κ3) is 2.98. The van der Waals surface area contributed by atoms with Gasteiger partial charge in [0.05, 0.1) is 12.2 Å². The molecule has 2 rings (SSSR count). The maximum absolute atomic E-state index is 5.68. The average Bonchev–Trinajstić information content (AvgIpc) is 2.87. The number of hydrogen-bond donors (Lipinski definition) is 2. The monoisotopic (exact) mass is 262 g/mol. The number of rotatable bonds is 5. The Morgan fingerprint density at radius 1 is 1.11 bits per heavy atom. The highest BCUT2D eigenvalue weighted by Crippen LogP contribution is 2.17. The van der Waals surface area contributed by atoms with Gasteiger partial charge in [0, 0.05) is 12.0 Å². The summed E-state index contributed by atoms with van der Waals surface area (Å²) in [7, 11) is 0. The van der Waals surface area contributed by atoms with Crippen molar-refractivity contribution in [2.45, 2.75) is 40.2 Å². The lowest BCUT2D eigenvalue weighted by atomic mass is 10.2. The average molecular weight is 262 g/mol. The van der Waals surface area contributed by atoms with E-state index in [4.69, 9.17) is 10.2 Å². The second-order valence-corrected chi connectivity index (χ2v) is 4.15. The summed E-state index contributed by atoms with van der Waals surface area (Å²) in [6, 6.07) is 0. The third-order valence-electron chi connectivity index (χ3n) is 2.82. The molecule has 2 aromatic heterocycles. The number of aryl methyl sites for hydroxylation is 2. The molecule has 0 aromatic carbocycles. The molecule has 19 heavy (non-hydrogen) atoms. The summed E-state index contributed by atoms with van der Waals surface area (Å²) in [6.45, 7) is 6.39. The first-order chi connectivity index (χ1) is 9.13. The zero-order chi connectivity index (χ0) is 13.8. The topological polar surface area (TPSA) is 103 Å². The smallest absolute Gasteiger partial charge is 0.235 e. The molecule has 0 spiro atoms. The Morgan fingerprint density at radius 3 is 2.47 bits per heavy atom. The van der Waals surface area contributed by atoms with Crippen LogP contribution in [0.25, 0.3) is 0 Å². The predicted octanol–water partition coefficient (Wildman–Crippen LogP) is 1.49. The first-order valence-electron chi connectivity index (χ1n) is 6.32. The van der Waals surface area contributed by atoms with Crippen molar-refractivity contribution in [3.8, 4) is 0 Å². The highest BCUT2D eigenvalue weighted by Gasteiger charge is 2.10. The van der Waals surface area contributed by atoms with Crippen LogP contribution in [0, 0.1) is 6.92 Å².